The molecule has 0 fully saturated rings. The fourth-order valence-corrected chi connectivity index (χ4v) is 4.27. The van der Waals surface area contributed by atoms with Crippen LogP contribution in [0.5, 0.6) is 11.8 Å². The second-order valence-corrected chi connectivity index (χ2v) is 8.02. The molecule has 5 heteroatoms. The van der Waals surface area contributed by atoms with Crippen molar-refractivity contribution in [1.29, 1.82) is 0 Å². The summed E-state index contributed by atoms with van der Waals surface area (Å²) >= 11 is 0. The minimum absolute atomic E-state index is 0.258. The zero-order chi connectivity index (χ0) is 21.4. The first kappa shape index (κ1) is 19.5. The average molecular weight is 414 g/mol. The number of hydrogen-bond donors (Lipinski definition) is 1. The smallest absolute Gasteiger partial charge is 0.302 e. The van der Waals surface area contributed by atoms with E-state index in [2.05, 4.69) is 66.2 Å². The Morgan fingerprint density at radius 2 is 2.00 bits per heavy atom. The number of anilines is 1. The van der Waals surface area contributed by atoms with Crippen molar-refractivity contribution in [1.82, 2.24) is 9.55 Å². The summed E-state index contributed by atoms with van der Waals surface area (Å²) in [4.78, 5) is 4.69. The SMILES string of the molecule is CCOc1nc2ccccc2n1-c1cccc(CNc2ccc3c(c2)OC(C)C3)c1C. The number of ether oxygens (including phenoxy) is 2. The molecular formula is C26H27N3O2. The van der Waals surface area contributed by atoms with Crippen LogP contribution in [-0.2, 0) is 13.0 Å². The molecule has 0 aliphatic carbocycles. The predicted molar refractivity (Wildman–Crippen MR) is 125 cm³/mol. The standard InChI is InChI=1S/C26H27N3O2/c1-4-30-26-28-22-9-5-6-10-24(22)29(26)23-11-7-8-20(18(23)3)16-27-21-13-12-19-14-17(2)31-25(19)15-21/h5-13,15,17,27H,4,14,16H2,1-3H3. The van der Waals surface area contributed by atoms with Crippen molar-refractivity contribution in [3.8, 4) is 17.4 Å². The molecule has 158 valence electrons. The van der Waals surface area contributed by atoms with Gasteiger partial charge in [-0.1, -0.05) is 30.3 Å². The zero-order valence-corrected chi connectivity index (χ0v) is 18.2. The van der Waals surface area contributed by atoms with Crippen molar-refractivity contribution in [3.63, 3.8) is 0 Å². The quantitative estimate of drug-likeness (QED) is 0.443. The molecule has 3 aromatic carbocycles. The number of nitrogens with one attached hydrogen (secondary N) is 1. The molecule has 4 aromatic rings. The lowest BCUT2D eigenvalue weighted by atomic mass is 10.1. The third-order valence-corrected chi connectivity index (χ3v) is 5.85. The van der Waals surface area contributed by atoms with Gasteiger partial charge in [-0.05, 0) is 61.7 Å². The molecule has 0 saturated carbocycles. The third kappa shape index (κ3) is 3.61. The van der Waals surface area contributed by atoms with Gasteiger partial charge in [0, 0.05) is 24.7 Å². The molecule has 1 aliphatic heterocycles. The van der Waals surface area contributed by atoms with Crippen LogP contribution < -0.4 is 14.8 Å². The maximum Gasteiger partial charge on any atom is 0.302 e. The van der Waals surface area contributed by atoms with Gasteiger partial charge >= 0.3 is 6.01 Å². The Kier molecular flexibility index (Phi) is 5.02. The molecule has 0 amide bonds. The van der Waals surface area contributed by atoms with Crippen LogP contribution in [0.1, 0.15) is 30.5 Å². The predicted octanol–water partition coefficient (Wildman–Crippen LogP) is 5.67. The van der Waals surface area contributed by atoms with Crippen LogP contribution in [0, 0.1) is 6.92 Å². The summed E-state index contributed by atoms with van der Waals surface area (Å²) in [5, 5.41) is 3.56. The van der Waals surface area contributed by atoms with Gasteiger partial charge in [0.25, 0.3) is 0 Å². The Hall–Kier alpha value is -3.47. The number of aromatic nitrogens is 2. The van der Waals surface area contributed by atoms with Crippen LogP contribution >= 0.6 is 0 Å². The number of hydrogen-bond acceptors (Lipinski definition) is 4. The fourth-order valence-electron chi connectivity index (χ4n) is 4.27. The van der Waals surface area contributed by atoms with E-state index in [0.717, 1.165) is 41.1 Å². The Labute approximate surface area is 182 Å². The topological polar surface area (TPSA) is 48.3 Å². The van der Waals surface area contributed by atoms with Crippen LogP contribution in [0.4, 0.5) is 5.69 Å². The molecule has 1 atom stereocenters. The maximum atomic E-state index is 5.90. The van der Waals surface area contributed by atoms with E-state index in [1.54, 1.807) is 0 Å². The van der Waals surface area contributed by atoms with Crippen molar-refractivity contribution in [2.45, 2.75) is 39.8 Å². The van der Waals surface area contributed by atoms with E-state index >= 15 is 0 Å². The number of benzene rings is 3. The summed E-state index contributed by atoms with van der Waals surface area (Å²) in [5.41, 5.74) is 7.85. The van der Waals surface area contributed by atoms with Gasteiger partial charge < -0.3 is 14.8 Å². The fraction of sp³-hybridized carbons (Fsp3) is 0.269. The molecule has 31 heavy (non-hydrogen) atoms. The lowest BCUT2D eigenvalue weighted by Gasteiger charge is -2.16. The van der Waals surface area contributed by atoms with Crippen molar-refractivity contribution in [2.24, 2.45) is 0 Å². The van der Waals surface area contributed by atoms with Crippen molar-refractivity contribution in [3.05, 3.63) is 77.4 Å². The van der Waals surface area contributed by atoms with Gasteiger partial charge in [-0.15, -0.1) is 0 Å². The number of fused-ring (bicyclic) bond motifs is 2. The highest BCUT2D eigenvalue weighted by Crippen LogP contribution is 2.32. The Balaban J connectivity index is 1.46. The highest BCUT2D eigenvalue weighted by Gasteiger charge is 2.19. The summed E-state index contributed by atoms with van der Waals surface area (Å²) in [6, 6.07) is 21.6. The Morgan fingerprint density at radius 3 is 2.87 bits per heavy atom. The van der Waals surface area contributed by atoms with Gasteiger partial charge in [0.2, 0.25) is 0 Å². The normalized spacial score (nSPS) is 15.0. The first-order valence-corrected chi connectivity index (χ1v) is 10.9. The van der Waals surface area contributed by atoms with Crippen LogP contribution in [0.3, 0.4) is 0 Å². The largest absolute Gasteiger partial charge is 0.490 e. The highest BCUT2D eigenvalue weighted by atomic mass is 16.5. The first-order chi connectivity index (χ1) is 15.1. The summed E-state index contributed by atoms with van der Waals surface area (Å²) < 4.78 is 13.9. The zero-order valence-electron chi connectivity index (χ0n) is 18.2. The number of rotatable bonds is 6. The summed E-state index contributed by atoms with van der Waals surface area (Å²) in [6.07, 6.45) is 1.24. The molecule has 1 aliphatic rings. The highest BCUT2D eigenvalue weighted by molar-refractivity contribution is 5.79. The van der Waals surface area contributed by atoms with Gasteiger partial charge in [-0.25, -0.2) is 0 Å². The van der Waals surface area contributed by atoms with E-state index in [-0.39, 0.29) is 6.10 Å². The van der Waals surface area contributed by atoms with E-state index in [4.69, 9.17) is 14.5 Å². The summed E-state index contributed by atoms with van der Waals surface area (Å²) in [7, 11) is 0. The monoisotopic (exact) mass is 413 g/mol. The second kappa shape index (κ2) is 7.99. The Bertz CT molecular complexity index is 1240. The van der Waals surface area contributed by atoms with Crippen molar-refractivity contribution < 1.29 is 9.47 Å². The molecule has 5 rings (SSSR count). The summed E-state index contributed by atoms with van der Waals surface area (Å²) in [5.74, 6) is 0.995. The van der Waals surface area contributed by atoms with Crippen LogP contribution in [0.25, 0.3) is 16.7 Å². The second-order valence-electron chi connectivity index (χ2n) is 8.02. The van der Waals surface area contributed by atoms with E-state index < -0.39 is 0 Å². The number of imidazole rings is 1. The molecule has 0 spiro atoms. The van der Waals surface area contributed by atoms with E-state index in [1.165, 1.54) is 16.7 Å². The molecule has 5 nitrogen and oxygen atoms in total. The molecule has 0 radical (unpaired) electrons. The molecule has 0 bridgehead atoms. The van der Waals surface area contributed by atoms with E-state index in [0.29, 0.717) is 12.6 Å². The van der Waals surface area contributed by atoms with E-state index in [1.807, 2.05) is 25.1 Å². The van der Waals surface area contributed by atoms with E-state index in [9.17, 15) is 0 Å². The Morgan fingerprint density at radius 1 is 1.13 bits per heavy atom. The minimum Gasteiger partial charge on any atom is -0.490 e. The minimum atomic E-state index is 0.258. The molecule has 1 aromatic heterocycles. The molecule has 0 saturated heterocycles. The van der Waals surface area contributed by atoms with Gasteiger partial charge in [0.1, 0.15) is 11.9 Å². The van der Waals surface area contributed by atoms with Crippen LogP contribution in [0.2, 0.25) is 0 Å². The van der Waals surface area contributed by atoms with Crippen LogP contribution in [0.15, 0.2) is 60.7 Å². The van der Waals surface area contributed by atoms with Gasteiger partial charge in [0.15, 0.2) is 0 Å². The van der Waals surface area contributed by atoms with Crippen molar-refractivity contribution >= 4 is 16.7 Å². The summed E-state index contributed by atoms with van der Waals surface area (Å²) in [6.45, 7) is 7.55. The molecule has 1 unspecified atom stereocenters. The number of nitrogens with zero attached hydrogens (tertiary/aromatic N) is 2. The average Bonchev–Trinajstić information content (AvgIpc) is 3.32. The molecule has 1 N–H and O–H groups in total. The maximum absolute atomic E-state index is 5.90. The van der Waals surface area contributed by atoms with Gasteiger partial charge in [-0.3, -0.25) is 4.57 Å². The van der Waals surface area contributed by atoms with Gasteiger partial charge in [-0.2, -0.15) is 4.98 Å². The van der Waals surface area contributed by atoms with Crippen molar-refractivity contribution in [2.75, 3.05) is 11.9 Å². The van der Waals surface area contributed by atoms with Crippen LogP contribution in [-0.4, -0.2) is 22.3 Å². The number of para-hydroxylation sites is 2. The lowest BCUT2D eigenvalue weighted by molar-refractivity contribution is 0.255. The van der Waals surface area contributed by atoms with Gasteiger partial charge in [0.05, 0.1) is 23.3 Å². The first-order valence-electron chi connectivity index (χ1n) is 10.9. The molecule has 2 heterocycles. The third-order valence-electron chi connectivity index (χ3n) is 5.85. The lowest BCUT2D eigenvalue weighted by Crippen LogP contribution is -2.07. The molecular weight excluding hydrogens is 386 g/mol.